The lowest BCUT2D eigenvalue weighted by Crippen LogP contribution is -2.20. The average Bonchev–Trinajstić information content (AvgIpc) is 3.04. The lowest BCUT2D eigenvalue weighted by molar-refractivity contribution is -0.132. The molecule has 0 atom stereocenters. The van der Waals surface area contributed by atoms with Gasteiger partial charge < -0.3 is 0 Å². The van der Waals surface area contributed by atoms with Crippen molar-refractivity contribution in [1.82, 2.24) is 0 Å². The minimum Gasteiger partial charge on any atom is -0.299 e. The van der Waals surface area contributed by atoms with Crippen LogP contribution in [0.4, 0.5) is 4.39 Å². The SMILES string of the molecule is CC(=O)C1(C(C)=O)CC1.Cc1ccc(F)cc1. The molecule has 0 amide bonds. The van der Waals surface area contributed by atoms with Gasteiger partial charge in [-0.05, 0) is 45.7 Å². The molecule has 0 saturated heterocycles. The first kappa shape index (κ1) is 13.6. The molecule has 0 aliphatic heterocycles. The normalized spacial score (nSPS) is 15.5. The highest BCUT2D eigenvalue weighted by Crippen LogP contribution is 2.46. The fourth-order valence-electron chi connectivity index (χ4n) is 1.61. The Morgan fingerprint density at radius 3 is 1.65 bits per heavy atom. The minimum atomic E-state index is -0.528. The fourth-order valence-corrected chi connectivity index (χ4v) is 1.61. The molecule has 1 aliphatic carbocycles. The van der Waals surface area contributed by atoms with Crippen LogP contribution in [-0.4, -0.2) is 11.6 Å². The van der Waals surface area contributed by atoms with Crippen LogP contribution in [0.5, 0.6) is 0 Å². The fraction of sp³-hybridized carbons (Fsp3) is 0.429. The molecule has 0 heterocycles. The summed E-state index contributed by atoms with van der Waals surface area (Å²) in [6.45, 7) is 4.92. The van der Waals surface area contributed by atoms with Crippen LogP contribution in [0.1, 0.15) is 32.3 Å². The first-order chi connectivity index (χ1) is 7.88. The summed E-state index contributed by atoms with van der Waals surface area (Å²) in [5, 5.41) is 0. The van der Waals surface area contributed by atoms with E-state index >= 15 is 0 Å². The number of ketones is 2. The van der Waals surface area contributed by atoms with Crippen LogP contribution in [0, 0.1) is 18.2 Å². The molecular formula is C14H17FO2. The van der Waals surface area contributed by atoms with E-state index in [0.29, 0.717) is 0 Å². The van der Waals surface area contributed by atoms with Crippen molar-refractivity contribution in [3.63, 3.8) is 0 Å². The maximum atomic E-state index is 12.1. The molecule has 1 aromatic rings. The van der Waals surface area contributed by atoms with Gasteiger partial charge in [-0.1, -0.05) is 17.7 Å². The van der Waals surface area contributed by atoms with Crippen molar-refractivity contribution in [2.24, 2.45) is 5.41 Å². The summed E-state index contributed by atoms with van der Waals surface area (Å²) in [7, 11) is 0. The summed E-state index contributed by atoms with van der Waals surface area (Å²) < 4.78 is 12.1. The van der Waals surface area contributed by atoms with Crippen LogP contribution in [0.3, 0.4) is 0 Å². The zero-order valence-corrected chi connectivity index (χ0v) is 10.4. The topological polar surface area (TPSA) is 34.1 Å². The second-order valence-corrected chi connectivity index (χ2v) is 4.49. The monoisotopic (exact) mass is 236 g/mol. The Balaban J connectivity index is 0.000000171. The standard InChI is InChI=1S/C7H7F.C7H10O2/c1-6-2-4-7(8)5-3-6;1-5(8)7(3-4-7)6(2)9/h2-5H,1H3;3-4H2,1-2H3. The molecule has 0 bridgehead atoms. The van der Waals surface area contributed by atoms with Gasteiger partial charge in [-0.15, -0.1) is 0 Å². The summed E-state index contributed by atoms with van der Waals surface area (Å²) in [6.07, 6.45) is 1.55. The highest BCUT2D eigenvalue weighted by atomic mass is 19.1. The molecule has 1 aliphatic rings. The largest absolute Gasteiger partial charge is 0.299 e. The summed E-state index contributed by atoms with van der Waals surface area (Å²) in [4.78, 5) is 21.5. The van der Waals surface area contributed by atoms with Gasteiger partial charge in [-0.2, -0.15) is 0 Å². The van der Waals surface area contributed by atoms with Gasteiger partial charge in [-0.25, -0.2) is 4.39 Å². The number of carbonyl (C=O) groups excluding carboxylic acids is 2. The predicted octanol–water partition coefficient (Wildman–Crippen LogP) is 3.08. The Hall–Kier alpha value is -1.51. The zero-order chi connectivity index (χ0) is 13.1. The van der Waals surface area contributed by atoms with E-state index in [1.54, 1.807) is 12.1 Å². The summed E-state index contributed by atoms with van der Waals surface area (Å²) in [5.41, 5.74) is 0.561. The van der Waals surface area contributed by atoms with E-state index in [9.17, 15) is 14.0 Å². The number of aryl methyl sites for hydroxylation is 1. The lowest BCUT2D eigenvalue weighted by atomic mass is 9.98. The molecule has 17 heavy (non-hydrogen) atoms. The van der Waals surface area contributed by atoms with Crippen molar-refractivity contribution in [3.8, 4) is 0 Å². The number of rotatable bonds is 2. The van der Waals surface area contributed by atoms with Crippen LogP contribution in [0.2, 0.25) is 0 Å². The van der Waals surface area contributed by atoms with Gasteiger partial charge in [0.05, 0.1) is 5.41 Å². The highest BCUT2D eigenvalue weighted by Gasteiger charge is 2.51. The molecule has 2 nitrogen and oxygen atoms in total. The molecule has 0 radical (unpaired) electrons. The van der Waals surface area contributed by atoms with E-state index in [4.69, 9.17) is 0 Å². The van der Waals surface area contributed by atoms with Gasteiger partial charge in [0.1, 0.15) is 17.4 Å². The third-order valence-electron chi connectivity index (χ3n) is 3.11. The van der Waals surface area contributed by atoms with Gasteiger partial charge in [0, 0.05) is 0 Å². The highest BCUT2D eigenvalue weighted by molar-refractivity contribution is 6.07. The van der Waals surface area contributed by atoms with E-state index in [1.165, 1.54) is 26.0 Å². The number of carbonyl (C=O) groups is 2. The number of halogens is 1. The van der Waals surface area contributed by atoms with E-state index in [-0.39, 0.29) is 17.4 Å². The summed E-state index contributed by atoms with van der Waals surface area (Å²) in [5.74, 6) is -0.0967. The van der Waals surface area contributed by atoms with Crippen LogP contribution in [-0.2, 0) is 9.59 Å². The zero-order valence-electron chi connectivity index (χ0n) is 10.4. The molecule has 0 aromatic heterocycles. The first-order valence-electron chi connectivity index (χ1n) is 5.63. The van der Waals surface area contributed by atoms with E-state index in [2.05, 4.69) is 0 Å². The van der Waals surface area contributed by atoms with Crippen LogP contribution >= 0.6 is 0 Å². The van der Waals surface area contributed by atoms with Crippen molar-refractivity contribution < 1.29 is 14.0 Å². The number of hydrogen-bond acceptors (Lipinski definition) is 2. The molecule has 1 saturated carbocycles. The molecule has 92 valence electrons. The first-order valence-corrected chi connectivity index (χ1v) is 5.63. The third kappa shape index (κ3) is 3.48. The van der Waals surface area contributed by atoms with E-state index in [0.717, 1.165) is 18.4 Å². The van der Waals surface area contributed by atoms with Crippen LogP contribution in [0.25, 0.3) is 0 Å². The number of benzene rings is 1. The quantitative estimate of drug-likeness (QED) is 0.739. The van der Waals surface area contributed by atoms with Gasteiger partial charge in [0.2, 0.25) is 0 Å². The number of Topliss-reactive ketones (excluding diaryl/α,β-unsaturated/α-hetero) is 2. The maximum absolute atomic E-state index is 12.1. The predicted molar refractivity (Wildman–Crippen MR) is 64.2 cm³/mol. The third-order valence-corrected chi connectivity index (χ3v) is 3.11. The smallest absolute Gasteiger partial charge is 0.143 e. The molecule has 1 aromatic carbocycles. The Labute approximate surface area is 101 Å². The van der Waals surface area contributed by atoms with Gasteiger partial charge in [-0.3, -0.25) is 9.59 Å². The maximum Gasteiger partial charge on any atom is 0.143 e. The Morgan fingerprint density at radius 2 is 1.47 bits per heavy atom. The molecule has 0 N–H and O–H groups in total. The van der Waals surface area contributed by atoms with Crippen molar-refractivity contribution in [2.75, 3.05) is 0 Å². The van der Waals surface area contributed by atoms with Gasteiger partial charge >= 0.3 is 0 Å². The van der Waals surface area contributed by atoms with Gasteiger partial charge in [0.25, 0.3) is 0 Å². The van der Waals surface area contributed by atoms with Crippen molar-refractivity contribution in [1.29, 1.82) is 0 Å². The molecule has 1 fully saturated rings. The Bertz CT molecular complexity index is 379. The second-order valence-electron chi connectivity index (χ2n) is 4.49. The Morgan fingerprint density at radius 1 is 1.06 bits per heavy atom. The van der Waals surface area contributed by atoms with E-state index < -0.39 is 5.41 Å². The molecule has 2 rings (SSSR count). The van der Waals surface area contributed by atoms with Crippen molar-refractivity contribution >= 4 is 11.6 Å². The van der Waals surface area contributed by atoms with E-state index in [1.807, 2.05) is 6.92 Å². The second kappa shape index (κ2) is 5.21. The molecular weight excluding hydrogens is 219 g/mol. The van der Waals surface area contributed by atoms with Crippen LogP contribution < -0.4 is 0 Å². The van der Waals surface area contributed by atoms with Crippen molar-refractivity contribution in [2.45, 2.75) is 33.6 Å². The van der Waals surface area contributed by atoms with Crippen LogP contribution in [0.15, 0.2) is 24.3 Å². The molecule has 3 heteroatoms. The van der Waals surface area contributed by atoms with Gasteiger partial charge in [0.15, 0.2) is 0 Å². The average molecular weight is 236 g/mol. The molecule has 0 spiro atoms. The minimum absolute atomic E-state index is 0.0370. The number of hydrogen-bond donors (Lipinski definition) is 0. The lowest BCUT2D eigenvalue weighted by Gasteiger charge is -2.02. The summed E-state index contributed by atoms with van der Waals surface area (Å²) in [6, 6.07) is 6.40. The molecule has 0 unspecified atom stereocenters. The van der Waals surface area contributed by atoms with Crippen molar-refractivity contribution in [3.05, 3.63) is 35.6 Å². The Kier molecular flexibility index (Phi) is 4.16. The summed E-state index contributed by atoms with van der Waals surface area (Å²) >= 11 is 0.